The molecule has 0 spiro atoms. The third-order valence-electron chi connectivity index (χ3n) is 2.11. The Hall–Kier alpha value is -0.340. The highest BCUT2D eigenvalue weighted by molar-refractivity contribution is 4.97. The van der Waals surface area contributed by atoms with Crippen molar-refractivity contribution < 1.29 is 9.84 Å². The lowest BCUT2D eigenvalue weighted by molar-refractivity contribution is 0.0689. The Bertz CT molecular complexity index is 166. The van der Waals surface area contributed by atoms with Gasteiger partial charge in [0.25, 0.3) is 0 Å². The molecule has 0 saturated carbocycles. The predicted octanol–water partition coefficient (Wildman–Crippen LogP) is 2.91. The average Bonchev–Trinajstić information content (AvgIpc) is 2.02. The van der Waals surface area contributed by atoms with E-state index in [-0.39, 0.29) is 0 Å². The van der Waals surface area contributed by atoms with Gasteiger partial charge in [-0.05, 0) is 47.0 Å². The molecule has 0 aliphatic heterocycles. The molecular weight excluding hydrogens is 176 g/mol. The maximum Gasteiger partial charge on any atom is 0.0649 e. The summed E-state index contributed by atoms with van der Waals surface area (Å²) in [5, 5.41) is 9.50. The highest BCUT2D eigenvalue weighted by Crippen LogP contribution is 2.15. The molecule has 0 amide bonds. The van der Waals surface area contributed by atoms with Crippen LogP contribution in [-0.2, 0) is 4.74 Å². The molecule has 0 rings (SSSR count). The summed E-state index contributed by atoms with van der Waals surface area (Å²) in [6, 6.07) is 0. The van der Waals surface area contributed by atoms with Crippen molar-refractivity contribution in [2.75, 3.05) is 13.2 Å². The summed E-state index contributed by atoms with van der Waals surface area (Å²) in [5.41, 5.74) is 0.822. The van der Waals surface area contributed by atoms with E-state index in [4.69, 9.17) is 4.74 Å². The summed E-state index contributed by atoms with van der Waals surface area (Å²) in [7, 11) is 0. The summed E-state index contributed by atoms with van der Waals surface area (Å²) in [6.07, 6.45) is 5.07. The molecule has 0 aliphatic carbocycles. The van der Waals surface area contributed by atoms with E-state index in [9.17, 15) is 5.11 Å². The third kappa shape index (κ3) is 9.75. The molecule has 84 valence electrons. The molecule has 0 heterocycles. The fraction of sp³-hybridized carbons (Fsp3) is 0.833. The molecule has 2 heteroatoms. The van der Waals surface area contributed by atoms with Gasteiger partial charge in [0.2, 0.25) is 0 Å². The van der Waals surface area contributed by atoms with Crippen molar-refractivity contribution in [1.82, 2.24) is 0 Å². The lowest BCUT2D eigenvalue weighted by atomic mass is 9.99. The van der Waals surface area contributed by atoms with E-state index in [0.29, 0.717) is 6.61 Å². The molecule has 0 radical (unpaired) electrons. The van der Waals surface area contributed by atoms with Crippen molar-refractivity contribution in [2.45, 2.75) is 52.6 Å². The molecule has 0 bridgehead atoms. The van der Waals surface area contributed by atoms with E-state index < -0.39 is 5.60 Å². The molecule has 2 nitrogen and oxygen atoms in total. The highest BCUT2D eigenvalue weighted by Gasteiger charge is 2.10. The van der Waals surface area contributed by atoms with Crippen molar-refractivity contribution in [3.05, 3.63) is 11.6 Å². The van der Waals surface area contributed by atoms with Gasteiger partial charge < -0.3 is 9.84 Å². The van der Waals surface area contributed by atoms with Crippen LogP contribution in [0.5, 0.6) is 0 Å². The second-order valence-electron chi connectivity index (χ2n) is 4.38. The molecule has 0 saturated heterocycles. The average molecular weight is 200 g/mol. The summed E-state index contributed by atoms with van der Waals surface area (Å²) in [4.78, 5) is 0. The largest absolute Gasteiger partial charge is 0.390 e. The summed E-state index contributed by atoms with van der Waals surface area (Å²) in [5.74, 6) is 0. The van der Waals surface area contributed by atoms with Crippen LogP contribution in [0, 0.1) is 0 Å². The smallest absolute Gasteiger partial charge is 0.0649 e. The monoisotopic (exact) mass is 200 g/mol. The van der Waals surface area contributed by atoms with Gasteiger partial charge in [-0.3, -0.25) is 0 Å². The van der Waals surface area contributed by atoms with Crippen molar-refractivity contribution in [3.8, 4) is 0 Å². The summed E-state index contributed by atoms with van der Waals surface area (Å²) < 4.78 is 5.23. The number of hydrogen-bond acceptors (Lipinski definition) is 2. The lowest BCUT2D eigenvalue weighted by Gasteiger charge is -2.16. The first kappa shape index (κ1) is 13.7. The maximum absolute atomic E-state index is 9.50. The quantitative estimate of drug-likeness (QED) is 0.506. The Morgan fingerprint density at radius 3 is 2.57 bits per heavy atom. The number of aliphatic hydroxyl groups is 1. The van der Waals surface area contributed by atoms with Crippen LogP contribution in [0.15, 0.2) is 11.6 Å². The van der Waals surface area contributed by atoms with E-state index in [1.165, 1.54) is 5.57 Å². The minimum absolute atomic E-state index is 0.528. The van der Waals surface area contributed by atoms with Gasteiger partial charge >= 0.3 is 0 Å². The molecule has 0 aromatic carbocycles. The van der Waals surface area contributed by atoms with Gasteiger partial charge in [0, 0.05) is 6.61 Å². The fourth-order valence-electron chi connectivity index (χ4n) is 1.22. The Morgan fingerprint density at radius 2 is 2.07 bits per heavy atom. The zero-order valence-electron chi connectivity index (χ0n) is 9.97. The van der Waals surface area contributed by atoms with E-state index in [1.54, 1.807) is 0 Å². The van der Waals surface area contributed by atoms with Crippen molar-refractivity contribution in [1.29, 1.82) is 0 Å². The van der Waals surface area contributed by atoms with Gasteiger partial charge in [-0.1, -0.05) is 11.6 Å². The van der Waals surface area contributed by atoms with Crippen LogP contribution < -0.4 is 0 Å². The second-order valence-corrected chi connectivity index (χ2v) is 4.38. The Labute approximate surface area is 88.0 Å². The van der Waals surface area contributed by atoms with E-state index in [2.05, 4.69) is 13.0 Å². The molecule has 0 atom stereocenters. The summed E-state index contributed by atoms with van der Waals surface area (Å²) in [6.45, 7) is 9.30. The standard InChI is InChI=1S/C12H24O2/c1-5-14-10-8-11(2)7-6-9-12(3,4)13/h8,13H,5-7,9-10H2,1-4H3/b11-8+. The molecule has 0 unspecified atom stereocenters. The van der Waals surface area contributed by atoms with Gasteiger partial charge in [0.1, 0.15) is 0 Å². The lowest BCUT2D eigenvalue weighted by Crippen LogP contribution is -2.17. The molecule has 0 aromatic rings. The zero-order chi connectivity index (χ0) is 11.0. The predicted molar refractivity (Wildman–Crippen MR) is 60.4 cm³/mol. The Morgan fingerprint density at radius 1 is 1.43 bits per heavy atom. The van der Waals surface area contributed by atoms with Gasteiger partial charge in [0.05, 0.1) is 12.2 Å². The van der Waals surface area contributed by atoms with Gasteiger partial charge in [0.15, 0.2) is 0 Å². The minimum Gasteiger partial charge on any atom is -0.390 e. The Kier molecular flexibility index (Phi) is 6.85. The zero-order valence-corrected chi connectivity index (χ0v) is 9.97. The molecule has 14 heavy (non-hydrogen) atoms. The van der Waals surface area contributed by atoms with Crippen LogP contribution in [0.25, 0.3) is 0 Å². The van der Waals surface area contributed by atoms with Crippen molar-refractivity contribution in [3.63, 3.8) is 0 Å². The van der Waals surface area contributed by atoms with E-state index in [0.717, 1.165) is 25.9 Å². The normalized spacial score (nSPS) is 13.4. The van der Waals surface area contributed by atoms with Gasteiger partial charge in [-0.15, -0.1) is 0 Å². The maximum atomic E-state index is 9.50. The SMILES string of the molecule is CCOC/C=C(\C)CCCC(C)(C)O. The molecule has 1 N–H and O–H groups in total. The van der Waals surface area contributed by atoms with Crippen LogP contribution in [-0.4, -0.2) is 23.9 Å². The fourth-order valence-corrected chi connectivity index (χ4v) is 1.22. The number of rotatable bonds is 7. The van der Waals surface area contributed by atoms with Crippen LogP contribution in [0.3, 0.4) is 0 Å². The van der Waals surface area contributed by atoms with Crippen LogP contribution >= 0.6 is 0 Å². The first-order chi connectivity index (χ1) is 6.45. The van der Waals surface area contributed by atoms with Crippen LogP contribution in [0.1, 0.15) is 47.0 Å². The molecular formula is C12H24O2. The van der Waals surface area contributed by atoms with Gasteiger partial charge in [-0.2, -0.15) is 0 Å². The Balaban J connectivity index is 3.53. The van der Waals surface area contributed by atoms with Crippen LogP contribution in [0.4, 0.5) is 0 Å². The minimum atomic E-state index is -0.528. The van der Waals surface area contributed by atoms with Crippen LogP contribution in [0.2, 0.25) is 0 Å². The number of ether oxygens (including phenoxy) is 1. The molecule has 0 fully saturated rings. The number of allylic oxidation sites excluding steroid dienone is 1. The van der Waals surface area contributed by atoms with Gasteiger partial charge in [-0.25, -0.2) is 0 Å². The van der Waals surface area contributed by atoms with Crippen molar-refractivity contribution >= 4 is 0 Å². The first-order valence-electron chi connectivity index (χ1n) is 5.41. The third-order valence-corrected chi connectivity index (χ3v) is 2.11. The second kappa shape index (κ2) is 7.02. The number of hydrogen-bond donors (Lipinski definition) is 1. The van der Waals surface area contributed by atoms with Crippen molar-refractivity contribution in [2.24, 2.45) is 0 Å². The summed E-state index contributed by atoms with van der Waals surface area (Å²) >= 11 is 0. The first-order valence-corrected chi connectivity index (χ1v) is 5.41. The molecule has 0 aliphatic rings. The highest BCUT2D eigenvalue weighted by atomic mass is 16.5. The topological polar surface area (TPSA) is 29.5 Å². The molecule has 0 aromatic heterocycles. The van der Waals surface area contributed by atoms with E-state index in [1.807, 2.05) is 20.8 Å². The van der Waals surface area contributed by atoms with E-state index >= 15 is 0 Å².